The summed E-state index contributed by atoms with van der Waals surface area (Å²) in [7, 11) is 0. The summed E-state index contributed by atoms with van der Waals surface area (Å²) in [5.74, 6) is 0.565. The molecule has 0 amide bonds. The maximum Gasteiger partial charge on any atom is 0.267 e. The smallest absolute Gasteiger partial charge is 0.267 e. The van der Waals surface area contributed by atoms with E-state index in [1.54, 1.807) is 10.6 Å². The van der Waals surface area contributed by atoms with Crippen molar-refractivity contribution in [3.8, 4) is 11.4 Å². The third kappa shape index (κ3) is 2.95. The summed E-state index contributed by atoms with van der Waals surface area (Å²) in [4.78, 5) is 32.3. The summed E-state index contributed by atoms with van der Waals surface area (Å²) >= 11 is 1.38. The number of nitrogens with zero attached hydrogens (tertiary/aromatic N) is 2. The Balaban J connectivity index is 1.92. The highest BCUT2D eigenvalue weighted by atomic mass is 32.1. The molecule has 0 saturated carbocycles. The molecular weight excluding hydrogens is 392 g/mol. The van der Waals surface area contributed by atoms with Gasteiger partial charge in [0.25, 0.3) is 5.56 Å². The number of rotatable bonds is 3. The molecule has 5 rings (SSSR count). The lowest BCUT2D eigenvalue weighted by atomic mass is 10.1. The molecule has 0 bridgehead atoms. The van der Waals surface area contributed by atoms with Crippen LogP contribution >= 0.6 is 11.3 Å². The van der Waals surface area contributed by atoms with Crippen molar-refractivity contribution in [2.45, 2.75) is 13.0 Å². The van der Waals surface area contributed by atoms with Crippen molar-refractivity contribution >= 4 is 31.6 Å². The number of hydrogen-bond donors (Lipinski definition) is 0. The van der Waals surface area contributed by atoms with Crippen molar-refractivity contribution in [2.24, 2.45) is 0 Å². The fourth-order valence-electron chi connectivity index (χ4n) is 3.80. The topological polar surface area (TPSA) is 52.0 Å². The van der Waals surface area contributed by atoms with Gasteiger partial charge in [0.1, 0.15) is 16.0 Å². The Morgan fingerprint density at radius 1 is 0.833 bits per heavy atom. The van der Waals surface area contributed by atoms with Gasteiger partial charge in [0.05, 0.1) is 6.04 Å². The molecule has 4 nitrogen and oxygen atoms in total. The van der Waals surface area contributed by atoms with Crippen LogP contribution in [0.4, 0.5) is 0 Å². The normalized spacial score (nSPS) is 12.3. The first kappa shape index (κ1) is 18.5. The minimum Gasteiger partial charge on any atom is -0.288 e. The summed E-state index contributed by atoms with van der Waals surface area (Å²) in [5, 5.41) is 0.710. The molecule has 0 aliphatic carbocycles. The van der Waals surface area contributed by atoms with Crippen molar-refractivity contribution in [2.75, 3.05) is 0 Å². The molecule has 0 aliphatic rings. The molecule has 0 aliphatic heterocycles. The van der Waals surface area contributed by atoms with Gasteiger partial charge in [-0.25, -0.2) is 4.98 Å². The van der Waals surface area contributed by atoms with E-state index in [1.807, 2.05) is 85.8 Å². The van der Waals surface area contributed by atoms with Crippen LogP contribution in [0.15, 0.2) is 94.5 Å². The number of hydrogen-bond acceptors (Lipinski definition) is 4. The molecule has 1 atom stereocenters. The Labute approximate surface area is 176 Å². The van der Waals surface area contributed by atoms with Crippen LogP contribution in [-0.4, -0.2) is 9.55 Å². The Hall–Kier alpha value is -3.57. The first-order chi connectivity index (χ1) is 14.6. The van der Waals surface area contributed by atoms with Crippen LogP contribution in [0.2, 0.25) is 0 Å². The molecule has 5 heteroatoms. The van der Waals surface area contributed by atoms with E-state index >= 15 is 0 Å². The quantitative estimate of drug-likeness (QED) is 0.382. The van der Waals surface area contributed by atoms with E-state index in [-0.39, 0.29) is 22.4 Å². The zero-order valence-electron chi connectivity index (χ0n) is 16.3. The third-order valence-electron chi connectivity index (χ3n) is 5.35. The van der Waals surface area contributed by atoms with Gasteiger partial charge in [-0.2, -0.15) is 0 Å². The first-order valence-corrected chi connectivity index (χ1v) is 10.6. The zero-order chi connectivity index (χ0) is 20.7. The SMILES string of the molecule is CC(c1ccccc1)n1c(-c2ccccc2)nc2sc3ccccc3c(=O)c2c1=O. The van der Waals surface area contributed by atoms with Gasteiger partial charge in [0.2, 0.25) is 5.43 Å². The molecule has 1 unspecified atom stereocenters. The van der Waals surface area contributed by atoms with Gasteiger partial charge in [-0.05, 0) is 24.6 Å². The predicted molar refractivity (Wildman–Crippen MR) is 123 cm³/mol. The van der Waals surface area contributed by atoms with Crippen molar-refractivity contribution in [3.63, 3.8) is 0 Å². The van der Waals surface area contributed by atoms with Crippen LogP contribution in [-0.2, 0) is 0 Å². The van der Waals surface area contributed by atoms with Gasteiger partial charge in [0.15, 0.2) is 0 Å². The second-order valence-electron chi connectivity index (χ2n) is 7.17. The average Bonchev–Trinajstić information content (AvgIpc) is 2.79. The van der Waals surface area contributed by atoms with Gasteiger partial charge < -0.3 is 0 Å². The highest BCUT2D eigenvalue weighted by molar-refractivity contribution is 7.24. The van der Waals surface area contributed by atoms with E-state index in [0.29, 0.717) is 16.0 Å². The van der Waals surface area contributed by atoms with Crippen molar-refractivity contribution in [1.82, 2.24) is 9.55 Å². The lowest BCUT2D eigenvalue weighted by Gasteiger charge is -2.20. The van der Waals surface area contributed by atoms with Crippen LogP contribution in [0.5, 0.6) is 0 Å². The second kappa shape index (κ2) is 7.35. The molecule has 0 saturated heterocycles. The summed E-state index contributed by atoms with van der Waals surface area (Å²) in [6.45, 7) is 1.96. The molecule has 2 heterocycles. The molecule has 0 N–H and O–H groups in total. The predicted octanol–water partition coefficient (Wildman–Crippen LogP) is 5.25. The van der Waals surface area contributed by atoms with E-state index in [2.05, 4.69) is 0 Å². The Morgan fingerprint density at radius 3 is 2.20 bits per heavy atom. The minimum atomic E-state index is -0.304. The van der Waals surface area contributed by atoms with Crippen LogP contribution in [0.1, 0.15) is 18.5 Å². The van der Waals surface area contributed by atoms with Crippen LogP contribution in [0.25, 0.3) is 31.7 Å². The molecule has 3 aromatic carbocycles. The second-order valence-corrected chi connectivity index (χ2v) is 8.20. The van der Waals surface area contributed by atoms with Gasteiger partial charge in [-0.1, -0.05) is 72.8 Å². The Morgan fingerprint density at radius 2 is 1.47 bits per heavy atom. The molecule has 146 valence electrons. The van der Waals surface area contributed by atoms with Gasteiger partial charge in [-0.3, -0.25) is 14.2 Å². The molecule has 5 aromatic rings. The van der Waals surface area contributed by atoms with E-state index in [4.69, 9.17) is 4.98 Å². The number of benzene rings is 3. The minimum absolute atomic E-state index is 0.154. The van der Waals surface area contributed by atoms with Crippen molar-refractivity contribution in [1.29, 1.82) is 0 Å². The molecule has 30 heavy (non-hydrogen) atoms. The maximum absolute atomic E-state index is 13.7. The molecule has 2 aromatic heterocycles. The lowest BCUT2D eigenvalue weighted by molar-refractivity contribution is 0.617. The monoisotopic (exact) mass is 410 g/mol. The average molecular weight is 410 g/mol. The zero-order valence-corrected chi connectivity index (χ0v) is 17.1. The number of fused-ring (bicyclic) bond motifs is 2. The van der Waals surface area contributed by atoms with Crippen LogP contribution in [0.3, 0.4) is 0 Å². The Kier molecular flexibility index (Phi) is 4.52. The molecular formula is C25H18N2O2S. The van der Waals surface area contributed by atoms with Gasteiger partial charge >= 0.3 is 0 Å². The van der Waals surface area contributed by atoms with Crippen molar-refractivity contribution in [3.05, 3.63) is 111 Å². The fourth-order valence-corrected chi connectivity index (χ4v) is 4.83. The summed E-state index contributed by atoms with van der Waals surface area (Å²) < 4.78 is 2.48. The highest BCUT2D eigenvalue weighted by Crippen LogP contribution is 2.28. The fraction of sp³-hybridized carbons (Fsp3) is 0.0800. The Bertz CT molecular complexity index is 1490. The van der Waals surface area contributed by atoms with Crippen LogP contribution in [0, 0.1) is 0 Å². The largest absolute Gasteiger partial charge is 0.288 e. The standard InChI is InChI=1S/C25H18N2O2S/c1-16(17-10-4-2-5-11-17)27-23(18-12-6-3-7-13-18)26-24-21(25(27)29)22(28)19-14-8-9-15-20(19)30-24/h2-16H,1H3. The third-order valence-corrected chi connectivity index (χ3v) is 6.41. The summed E-state index contributed by atoms with van der Waals surface area (Å²) in [6.07, 6.45) is 0. The number of aromatic nitrogens is 2. The van der Waals surface area contributed by atoms with Gasteiger partial charge in [-0.15, -0.1) is 11.3 Å². The molecule has 0 spiro atoms. The summed E-state index contributed by atoms with van der Waals surface area (Å²) in [6, 6.07) is 26.5. The first-order valence-electron chi connectivity index (χ1n) is 9.73. The lowest BCUT2D eigenvalue weighted by Crippen LogP contribution is -2.30. The van der Waals surface area contributed by atoms with Crippen molar-refractivity contribution < 1.29 is 0 Å². The van der Waals surface area contributed by atoms with E-state index in [9.17, 15) is 9.59 Å². The maximum atomic E-state index is 13.7. The highest BCUT2D eigenvalue weighted by Gasteiger charge is 2.21. The van der Waals surface area contributed by atoms with E-state index in [1.165, 1.54) is 11.3 Å². The van der Waals surface area contributed by atoms with E-state index < -0.39 is 0 Å². The molecule has 0 radical (unpaired) electrons. The van der Waals surface area contributed by atoms with Crippen LogP contribution < -0.4 is 11.0 Å². The van der Waals surface area contributed by atoms with Gasteiger partial charge in [0, 0.05) is 15.6 Å². The summed E-state index contributed by atoms with van der Waals surface area (Å²) in [5.41, 5.74) is 1.26. The molecule has 0 fully saturated rings. The van der Waals surface area contributed by atoms with E-state index in [0.717, 1.165) is 15.8 Å².